The average Bonchev–Trinajstić information content (AvgIpc) is 3.05. The van der Waals surface area contributed by atoms with E-state index >= 15 is 0 Å². The van der Waals surface area contributed by atoms with Gasteiger partial charge in [-0.15, -0.1) is 0 Å². The van der Waals surface area contributed by atoms with Crippen molar-refractivity contribution in [2.75, 3.05) is 0 Å². The first-order chi connectivity index (χ1) is 12.2. The first-order valence-electron chi connectivity index (χ1n) is 8.94. The van der Waals surface area contributed by atoms with E-state index in [1.807, 2.05) is 30.6 Å². The van der Waals surface area contributed by atoms with Gasteiger partial charge in [0.1, 0.15) is 11.3 Å². The molecule has 0 aliphatic heterocycles. The van der Waals surface area contributed by atoms with Crippen molar-refractivity contribution in [1.82, 2.24) is 20.3 Å². The Kier molecular flexibility index (Phi) is 3.17. The van der Waals surface area contributed by atoms with Crippen molar-refractivity contribution in [2.24, 2.45) is 5.41 Å². The molecular weight excluding hydrogens is 312 g/mol. The first kappa shape index (κ1) is 14.6. The summed E-state index contributed by atoms with van der Waals surface area (Å²) >= 11 is 0. The van der Waals surface area contributed by atoms with Crippen molar-refractivity contribution in [2.45, 2.75) is 38.1 Å². The fourth-order valence-electron chi connectivity index (χ4n) is 4.22. The zero-order valence-corrected chi connectivity index (χ0v) is 14.0. The third kappa shape index (κ3) is 2.34. The number of fused-ring (bicyclic) bond motifs is 1. The monoisotopic (exact) mass is 332 g/mol. The van der Waals surface area contributed by atoms with E-state index in [1.165, 1.54) is 25.7 Å². The fraction of sp³-hybridized carbons (Fsp3) is 0.350. The second kappa shape index (κ2) is 5.41. The van der Waals surface area contributed by atoms with Crippen LogP contribution in [0.1, 0.15) is 42.6 Å². The highest BCUT2D eigenvalue weighted by molar-refractivity contribution is 5.94. The van der Waals surface area contributed by atoms with Gasteiger partial charge in [-0.05, 0) is 60.9 Å². The molecule has 0 bridgehead atoms. The van der Waals surface area contributed by atoms with Crippen LogP contribution in [-0.4, -0.2) is 26.9 Å². The number of pyridine rings is 2. The van der Waals surface area contributed by atoms with Gasteiger partial charge in [-0.1, -0.05) is 6.42 Å². The lowest BCUT2D eigenvalue weighted by molar-refractivity contribution is -0.0147. The van der Waals surface area contributed by atoms with Gasteiger partial charge in [0.15, 0.2) is 0 Å². The Labute approximate surface area is 145 Å². The molecule has 25 heavy (non-hydrogen) atoms. The summed E-state index contributed by atoms with van der Waals surface area (Å²) in [5, 5.41) is 4.26. The van der Waals surface area contributed by atoms with Gasteiger partial charge in [0.25, 0.3) is 5.91 Å². The van der Waals surface area contributed by atoms with Gasteiger partial charge in [0.05, 0.1) is 0 Å². The van der Waals surface area contributed by atoms with E-state index in [0.717, 1.165) is 28.6 Å². The number of carbonyl (C=O) groups excluding carboxylic acids is 1. The fourth-order valence-corrected chi connectivity index (χ4v) is 4.22. The van der Waals surface area contributed by atoms with Crippen LogP contribution in [0.3, 0.4) is 0 Å². The molecule has 3 aromatic heterocycles. The van der Waals surface area contributed by atoms with Crippen LogP contribution in [0.5, 0.6) is 0 Å². The molecule has 2 aliphatic carbocycles. The Bertz CT molecular complexity index is 951. The molecule has 1 amide bonds. The highest BCUT2D eigenvalue weighted by Gasteiger charge is 2.51. The number of hydrogen-bond donors (Lipinski definition) is 2. The maximum atomic E-state index is 12.6. The summed E-state index contributed by atoms with van der Waals surface area (Å²) in [4.78, 5) is 24.4. The predicted octanol–water partition coefficient (Wildman–Crippen LogP) is 3.69. The highest BCUT2D eigenvalue weighted by Crippen LogP contribution is 2.55. The van der Waals surface area contributed by atoms with E-state index in [1.54, 1.807) is 6.20 Å². The molecule has 2 N–H and O–H groups in total. The normalized spacial score (nSPS) is 20.9. The molecule has 1 unspecified atom stereocenters. The standard InChI is InChI=1S/C20H20N4O/c25-19(24-17-2-7-20(17)5-1-6-20)16-11-13(3-8-21-16)15-10-14-4-9-22-18(14)23-12-15/h3-4,8-12,17H,1-2,5-7H2,(H,22,23)(H,24,25). The summed E-state index contributed by atoms with van der Waals surface area (Å²) in [6.45, 7) is 0. The number of aromatic nitrogens is 3. The number of nitrogens with zero attached hydrogens (tertiary/aromatic N) is 2. The van der Waals surface area contributed by atoms with Gasteiger partial charge in [-0.25, -0.2) is 4.98 Å². The van der Waals surface area contributed by atoms with Crippen molar-refractivity contribution in [3.8, 4) is 11.1 Å². The minimum atomic E-state index is -0.0616. The number of H-pyrrole nitrogens is 1. The summed E-state index contributed by atoms with van der Waals surface area (Å²) in [7, 11) is 0. The molecule has 0 radical (unpaired) electrons. The van der Waals surface area contributed by atoms with Crippen LogP contribution >= 0.6 is 0 Å². The molecule has 5 rings (SSSR count). The third-order valence-electron chi connectivity index (χ3n) is 6.05. The van der Waals surface area contributed by atoms with Crippen LogP contribution in [-0.2, 0) is 0 Å². The number of carbonyl (C=O) groups is 1. The minimum absolute atomic E-state index is 0.0616. The van der Waals surface area contributed by atoms with Crippen molar-refractivity contribution < 1.29 is 4.79 Å². The Morgan fingerprint density at radius 1 is 1.16 bits per heavy atom. The van der Waals surface area contributed by atoms with Crippen LogP contribution in [0, 0.1) is 5.41 Å². The quantitative estimate of drug-likeness (QED) is 0.768. The second-order valence-electron chi connectivity index (χ2n) is 7.35. The van der Waals surface area contributed by atoms with Gasteiger partial charge >= 0.3 is 0 Å². The zero-order valence-electron chi connectivity index (χ0n) is 14.0. The van der Waals surface area contributed by atoms with E-state index in [4.69, 9.17) is 0 Å². The molecule has 1 spiro atoms. The van der Waals surface area contributed by atoms with Gasteiger partial charge in [-0.2, -0.15) is 0 Å². The number of amides is 1. The SMILES string of the molecule is O=C(NC1CCC12CCC2)c1cc(-c2cnc3[nH]ccc3c2)ccn1. The van der Waals surface area contributed by atoms with Gasteiger partial charge in [-0.3, -0.25) is 9.78 Å². The van der Waals surface area contributed by atoms with Crippen molar-refractivity contribution in [1.29, 1.82) is 0 Å². The summed E-state index contributed by atoms with van der Waals surface area (Å²) < 4.78 is 0. The molecule has 3 aromatic rings. The van der Waals surface area contributed by atoms with E-state index < -0.39 is 0 Å². The Morgan fingerprint density at radius 3 is 2.84 bits per heavy atom. The molecule has 3 heterocycles. The topological polar surface area (TPSA) is 70.7 Å². The Morgan fingerprint density at radius 2 is 2.08 bits per heavy atom. The lowest BCUT2D eigenvalue weighted by Gasteiger charge is -2.56. The number of nitrogens with one attached hydrogen (secondary N) is 2. The number of hydrogen-bond acceptors (Lipinski definition) is 3. The molecule has 1 atom stereocenters. The lowest BCUT2D eigenvalue weighted by Crippen LogP contribution is -2.58. The number of aromatic amines is 1. The Hall–Kier alpha value is -2.69. The van der Waals surface area contributed by atoms with Crippen LogP contribution in [0.2, 0.25) is 0 Å². The average molecular weight is 332 g/mol. The first-order valence-corrected chi connectivity index (χ1v) is 8.94. The molecule has 2 fully saturated rings. The summed E-state index contributed by atoms with van der Waals surface area (Å²) in [6, 6.07) is 8.18. The lowest BCUT2D eigenvalue weighted by atomic mass is 9.53. The van der Waals surface area contributed by atoms with Crippen molar-refractivity contribution in [3.63, 3.8) is 0 Å². The molecule has 5 heteroatoms. The predicted molar refractivity (Wildman–Crippen MR) is 96.1 cm³/mol. The zero-order chi connectivity index (χ0) is 16.9. The van der Waals surface area contributed by atoms with Gasteiger partial charge in [0.2, 0.25) is 0 Å². The maximum absolute atomic E-state index is 12.6. The van der Waals surface area contributed by atoms with Crippen molar-refractivity contribution in [3.05, 3.63) is 48.5 Å². The van der Waals surface area contributed by atoms with E-state index in [2.05, 4.69) is 26.3 Å². The van der Waals surface area contributed by atoms with Crippen LogP contribution < -0.4 is 5.32 Å². The summed E-state index contributed by atoms with van der Waals surface area (Å²) in [5.41, 5.74) is 3.70. The minimum Gasteiger partial charge on any atom is -0.347 e. The van der Waals surface area contributed by atoms with E-state index in [9.17, 15) is 4.79 Å². The molecule has 5 nitrogen and oxygen atoms in total. The Balaban J connectivity index is 1.39. The van der Waals surface area contributed by atoms with Gasteiger partial charge in [0, 0.05) is 35.6 Å². The molecular formula is C20H20N4O. The van der Waals surface area contributed by atoms with Crippen molar-refractivity contribution >= 4 is 16.9 Å². The smallest absolute Gasteiger partial charge is 0.270 e. The molecule has 126 valence electrons. The van der Waals surface area contributed by atoms with Crippen LogP contribution in [0.25, 0.3) is 22.2 Å². The molecule has 2 saturated carbocycles. The highest BCUT2D eigenvalue weighted by atomic mass is 16.2. The van der Waals surface area contributed by atoms with E-state index in [0.29, 0.717) is 17.2 Å². The number of rotatable bonds is 3. The largest absolute Gasteiger partial charge is 0.347 e. The second-order valence-corrected chi connectivity index (χ2v) is 7.35. The molecule has 2 aliphatic rings. The molecule has 0 saturated heterocycles. The van der Waals surface area contributed by atoms with Crippen LogP contribution in [0.4, 0.5) is 0 Å². The summed E-state index contributed by atoms with van der Waals surface area (Å²) in [6.07, 6.45) is 11.6. The van der Waals surface area contributed by atoms with Crippen LogP contribution in [0.15, 0.2) is 42.9 Å². The maximum Gasteiger partial charge on any atom is 0.270 e. The summed E-state index contributed by atoms with van der Waals surface area (Å²) in [5.74, 6) is -0.0616. The molecule has 0 aromatic carbocycles. The van der Waals surface area contributed by atoms with Gasteiger partial charge < -0.3 is 10.3 Å². The third-order valence-corrected chi connectivity index (χ3v) is 6.05. The van der Waals surface area contributed by atoms with E-state index in [-0.39, 0.29) is 5.91 Å².